The second-order valence-electron chi connectivity index (χ2n) is 5.54. The van der Waals surface area contributed by atoms with Gasteiger partial charge in [0.2, 0.25) is 5.91 Å². The van der Waals surface area contributed by atoms with Crippen LogP contribution in [-0.2, 0) is 9.59 Å². The first kappa shape index (κ1) is 19.1. The molecule has 0 bridgehead atoms. The van der Waals surface area contributed by atoms with Gasteiger partial charge in [-0.1, -0.05) is 20.8 Å². The maximum absolute atomic E-state index is 11.4. The number of aliphatic hydroxyl groups is 1. The highest BCUT2D eigenvalue weighted by atomic mass is 16.3. The second-order valence-corrected chi connectivity index (χ2v) is 5.54. The Hall–Kier alpha value is -0.900. The summed E-state index contributed by atoms with van der Waals surface area (Å²) in [4.78, 5) is 22.2. The summed E-state index contributed by atoms with van der Waals surface area (Å²) in [6.45, 7) is 7.42. The number of carbonyl (C=O) groups excluding carboxylic acids is 2. The van der Waals surface area contributed by atoms with Gasteiger partial charge < -0.3 is 10.4 Å². The molecule has 4 heteroatoms. The van der Waals surface area contributed by atoms with Gasteiger partial charge in [0.15, 0.2) is 0 Å². The zero-order valence-corrected chi connectivity index (χ0v) is 13.4. The van der Waals surface area contributed by atoms with E-state index in [0.29, 0.717) is 18.2 Å². The zero-order valence-electron chi connectivity index (χ0n) is 13.4. The highest BCUT2D eigenvalue weighted by Crippen LogP contribution is 2.25. The molecule has 1 rings (SSSR count). The number of aliphatic hydroxyl groups excluding tert-OH is 1. The van der Waals surface area contributed by atoms with E-state index in [0.717, 1.165) is 38.5 Å². The second kappa shape index (κ2) is 10.8. The van der Waals surface area contributed by atoms with Crippen LogP contribution in [0.5, 0.6) is 0 Å². The molecule has 0 atom stereocenters. The molecule has 1 fully saturated rings. The monoisotopic (exact) mass is 285 g/mol. The molecule has 0 aromatic carbocycles. The molecule has 1 saturated carbocycles. The lowest BCUT2D eigenvalue weighted by Crippen LogP contribution is -2.37. The van der Waals surface area contributed by atoms with Crippen molar-refractivity contribution in [2.75, 3.05) is 0 Å². The minimum Gasteiger partial charge on any atom is -0.393 e. The van der Waals surface area contributed by atoms with Gasteiger partial charge in [0.25, 0.3) is 0 Å². The van der Waals surface area contributed by atoms with Crippen molar-refractivity contribution in [2.24, 2.45) is 5.92 Å². The van der Waals surface area contributed by atoms with Crippen LogP contribution in [-0.4, -0.2) is 28.9 Å². The molecule has 1 amide bonds. The number of carbonyl (C=O) groups is 2. The first-order valence-electron chi connectivity index (χ1n) is 7.92. The Morgan fingerprint density at radius 2 is 1.60 bits per heavy atom. The van der Waals surface area contributed by atoms with Crippen LogP contribution in [0, 0.1) is 5.92 Å². The third-order valence-electron chi connectivity index (χ3n) is 3.88. The molecule has 0 aliphatic heterocycles. The molecule has 0 saturated heterocycles. The van der Waals surface area contributed by atoms with Crippen LogP contribution in [0.25, 0.3) is 0 Å². The quantitative estimate of drug-likeness (QED) is 0.816. The van der Waals surface area contributed by atoms with Crippen molar-refractivity contribution in [3.8, 4) is 0 Å². The van der Waals surface area contributed by atoms with Crippen molar-refractivity contribution in [3.63, 3.8) is 0 Å². The molecule has 0 spiro atoms. The van der Waals surface area contributed by atoms with E-state index in [2.05, 4.69) is 5.32 Å². The first-order chi connectivity index (χ1) is 9.44. The topological polar surface area (TPSA) is 66.4 Å². The molecule has 1 aliphatic carbocycles. The van der Waals surface area contributed by atoms with Crippen molar-refractivity contribution < 1.29 is 14.7 Å². The SMILES string of the molecule is CCC(=O)C1CCC(NC(C)=O)CC1.CCC(O)CC. The molecule has 0 aromatic heterocycles. The van der Waals surface area contributed by atoms with Gasteiger partial charge in [0.05, 0.1) is 6.10 Å². The van der Waals surface area contributed by atoms with Crippen LogP contribution in [0.15, 0.2) is 0 Å². The third kappa shape index (κ3) is 8.31. The van der Waals surface area contributed by atoms with Gasteiger partial charge >= 0.3 is 0 Å². The predicted molar refractivity (Wildman–Crippen MR) is 81.4 cm³/mol. The van der Waals surface area contributed by atoms with Crippen LogP contribution in [0.3, 0.4) is 0 Å². The van der Waals surface area contributed by atoms with Gasteiger partial charge in [-0.25, -0.2) is 0 Å². The van der Waals surface area contributed by atoms with E-state index in [9.17, 15) is 9.59 Å². The molecule has 4 nitrogen and oxygen atoms in total. The Kier molecular flexibility index (Phi) is 10.3. The molecule has 1 aliphatic rings. The van der Waals surface area contributed by atoms with Crippen molar-refractivity contribution in [1.82, 2.24) is 5.32 Å². The van der Waals surface area contributed by atoms with E-state index in [1.807, 2.05) is 20.8 Å². The van der Waals surface area contributed by atoms with Gasteiger partial charge in [0, 0.05) is 25.3 Å². The number of hydrogen-bond acceptors (Lipinski definition) is 3. The Balaban J connectivity index is 0.000000511. The zero-order chi connectivity index (χ0) is 15.5. The Morgan fingerprint density at radius 1 is 1.10 bits per heavy atom. The standard InChI is InChI=1S/C11H19NO2.C5H12O/c1-3-11(14)9-4-6-10(7-5-9)12-8(2)13;1-3-5(6)4-2/h9-10H,3-7H2,1-2H3,(H,12,13);5-6H,3-4H2,1-2H3. The van der Waals surface area contributed by atoms with E-state index in [-0.39, 0.29) is 17.9 Å². The minimum atomic E-state index is -0.0648. The largest absolute Gasteiger partial charge is 0.393 e. The summed E-state index contributed by atoms with van der Waals surface area (Å²) in [5.41, 5.74) is 0. The van der Waals surface area contributed by atoms with E-state index >= 15 is 0 Å². The average molecular weight is 285 g/mol. The molecular formula is C16H31NO3. The maximum Gasteiger partial charge on any atom is 0.217 e. The Bertz CT molecular complexity index is 279. The molecular weight excluding hydrogens is 254 g/mol. The Labute approximate surface area is 123 Å². The van der Waals surface area contributed by atoms with Crippen LogP contribution in [0.2, 0.25) is 0 Å². The molecule has 0 aromatic rings. The molecule has 118 valence electrons. The fourth-order valence-electron chi connectivity index (χ4n) is 2.42. The minimum absolute atomic E-state index is 0.0373. The van der Waals surface area contributed by atoms with Crippen molar-refractivity contribution in [1.29, 1.82) is 0 Å². The van der Waals surface area contributed by atoms with Crippen LogP contribution >= 0.6 is 0 Å². The lowest BCUT2D eigenvalue weighted by atomic mass is 9.83. The summed E-state index contributed by atoms with van der Waals surface area (Å²) >= 11 is 0. The highest BCUT2D eigenvalue weighted by molar-refractivity contribution is 5.80. The van der Waals surface area contributed by atoms with E-state index in [4.69, 9.17) is 5.11 Å². The number of nitrogens with one attached hydrogen (secondary N) is 1. The van der Waals surface area contributed by atoms with Gasteiger partial charge in [-0.15, -0.1) is 0 Å². The molecule has 0 unspecified atom stereocenters. The number of Topliss-reactive ketones (excluding diaryl/α,β-unsaturated/α-hetero) is 1. The Morgan fingerprint density at radius 3 is 1.90 bits per heavy atom. The van der Waals surface area contributed by atoms with Crippen LogP contribution in [0.1, 0.15) is 72.6 Å². The van der Waals surface area contributed by atoms with E-state index < -0.39 is 0 Å². The normalized spacial score (nSPS) is 21.9. The van der Waals surface area contributed by atoms with Gasteiger partial charge in [0.1, 0.15) is 5.78 Å². The summed E-state index contributed by atoms with van der Waals surface area (Å²) in [5.74, 6) is 0.673. The summed E-state index contributed by atoms with van der Waals surface area (Å²) in [7, 11) is 0. The summed E-state index contributed by atoms with van der Waals surface area (Å²) < 4.78 is 0. The summed E-state index contributed by atoms with van der Waals surface area (Å²) in [6, 6.07) is 0.299. The van der Waals surface area contributed by atoms with Crippen LogP contribution in [0.4, 0.5) is 0 Å². The van der Waals surface area contributed by atoms with E-state index in [1.54, 1.807) is 6.92 Å². The van der Waals surface area contributed by atoms with E-state index in [1.165, 1.54) is 0 Å². The fraction of sp³-hybridized carbons (Fsp3) is 0.875. The number of ketones is 1. The molecule has 20 heavy (non-hydrogen) atoms. The predicted octanol–water partition coefficient (Wildman–Crippen LogP) is 2.83. The summed E-state index contributed by atoms with van der Waals surface area (Å²) in [6.07, 6.45) is 6.15. The molecule has 0 heterocycles. The highest BCUT2D eigenvalue weighted by Gasteiger charge is 2.25. The maximum atomic E-state index is 11.4. The third-order valence-corrected chi connectivity index (χ3v) is 3.88. The number of amides is 1. The van der Waals surface area contributed by atoms with Crippen molar-refractivity contribution in [3.05, 3.63) is 0 Å². The van der Waals surface area contributed by atoms with Gasteiger partial charge in [-0.3, -0.25) is 9.59 Å². The van der Waals surface area contributed by atoms with Crippen LogP contribution < -0.4 is 5.32 Å². The van der Waals surface area contributed by atoms with Gasteiger partial charge in [-0.05, 0) is 38.5 Å². The fourth-order valence-corrected chi connectivity index (χ4v) is 2.42. The first-order valence-corrected chi connectivity index (χ1v) is 7.92. The number of hydrogen-bond donors (Lipinski definition) is 2. The molecule has 0 radical (unpaired) electrons. The lowest BCUT2D eigenvalue weighted by molar-refractivity contribution is -0.123. The lowest BCUT2D eigenvalue weighted by Gasteiger charge is -2.27. The smallest absolute Gasteiger partial charge is 0.217 e. The van der Waals surface area contributed by atoms with Crippen molar-refractivity contribution in [2.45, 2.75) is 84.8 Å². The van der Waals surface area contributed by atoms with Gasteiger partial charge in [-0.2, -0.15) is 0 Å². The molecule has 2 N–H and O–H groups in total. The summed E-state index contributed by atoms with van der Waals surface area (Å²) in [5, 5.41) is 11.6. The number of rotatable bonds is 5. The average Bonchev–Trinajstić information content (AvgIpc) is 2.46. The van der Waals surface area contributed by atoms with Crippen molar-refractivity contribution >= 4 is 11.7 Å².